The fraction of sp³-hybridized carbons (Fsp3) is 0.833. The van der Waals surface area contributed by atoms with Crippen molar-refractivity contribution in [3.8, 4) is 0 Å². The van der Waals surface area contributed by atoms with Gasteiger partial charge < -0.3 is 21.5 Å². The van der Waals surface area contributed by atoms with E-state index < -0.39 is 18.1 Å². The maximum Gasteiger partial charge on any atom is 0.320 e. The fourth-order valence-corrected chi connectivity index (χ4v) is 1.92. The summed E-state index contributed by atoms with van der Waals surface area (Å²) in [6, 6.07) is -1.29. The quantitative estimate of drug-likeness (QED) is 0.555. The zero-order chi connectivity index (χ0) is 13.9. The van der Waals surface area contributed by atoms with Crippen molar-refractivity contribution >= 4 is 11.9 Å². The number of aliphatic carboxylic acids is 1. The second kappa shape index (κ2) is 5.67. The molecule has 0 aromatic carbocycles. The summed E-state index contributed by atoms with van der Waals surface area (Å²) in [5.41, 5.74) is 5.56. The van der Waals surface area contributed by atoms with Crippen LogP contribution in [-0.4, -0.2) is 41.7 Å². The number of nitrogens with one attached hydrogen (secondary N) is 2. The molecule has 1 aliphatic rings. The monoisotopic (exact) mass is 257 g/mol. The highest BCUT2D eigenvalue weighted by Gasteiger charge is 2.31. The van der Waals surface area contributed by atoms with Gasteiger partial charge in [-0.25, -0.2) is 0 Å². The first kappa shape index (κ1) is 14.9. The summed E-state index contributed by atoms with van der Waals surface area (Å²) in [4.78, 5) is 22.8. The third-order valence-corrected chi connectivity index (χ3v) is 3.26. The molecule has 6 heteroatoms. The molecular weight excluding hydrogens is 234 g/mol. The van der Waals surface area contributed by atoms with E-state index in [4.69, 9.17) is 10.8 Å². The molecule has 0 bridgehead atoms. The van der Waals surface area contributed by atoms with Gasteiger partial charge in [0.1, 0.15) is 6.04 Å². The zero-order valence-electron chi connectivity index (χ0n) is 11.2. The Hall–Kier alpha value is -1.14. The first-order valence-corrected chi connectivity index (χ1v) is 6.24. The molecule has 0 aromatic rings. The van der Waals surface area contributed by atoms with Gasteiger partial charge >= 0.3 is 5.97 Å². The fourth-order valence-electron chi connectivity index (χ4n) is 1.92. The van der Waals surface area contributed by atoms with Crippen LogP contribution in [0.3, 0.4) is 0 Å². The average molecular weight is 257 g/mol. The van der Waals surface area contributed by atoms with Crippen LogP contribution in [-0.2, 0) is 9.59 Å². The van der Waals surface area contributed by atoms with Gasteiger partial charge in [0.15, 0.2) is 0 Å². The molecule has 1 saturated heterocycles. The maximum absolute atomic E-state index is 11.9. The van der Waals surface area contributed by atoms with Gasteiger partial charge in [-0.1, -0.05) is 20.8 Å². The lowest BCUT2D eigenvalue weighted by atomic mass is 9.86. The maximum atomic E-state index is 11.9. The molecule has 0 unspecified atom stereocenters. The lowest BCUT2D eigenvalue weighted by molar-refractivity contribution is -0.140. The lowest BCUT2D eigenvalue weighted by Crippen LogP contribution is -2.55. The van der Waals surface area contributed by atoms with Crippen molar-refractivity contribution in [2.45, 2.75) is 51.7 Å². The topological polar surface area (TPSA) is 104 Å². The molecule has 0 aliphatic carbocycles. The van der Waals surface area contributed by atoms with Crippen LogP contribution in [0.2, 0.25) is 0 Å². The van der Waals surface area contributed by atoms with Crippen molar-refractivity contribution in [1.82, 2.24) is 10.6 Å². The number of rotatable bonds is 3. The number of amides is 1. The van der Waals surface area contributed by atoms with E-state index >= 15 is 0 Å². The Bertz CT molecular complexity index is 325. The zero-order valence-corrected chi connectivity index (χ0v) is 11.2. The van der Waals surface area contributed by atoms with Crippen LogP contribution in [0.5, 0.6) is 0 Å². The highest BCUT2D eigenvalue weighted by Crippen LogP contribution is 2.18. The number of carbonyl (C=O) groups excluding carboxylic acids is 1. The van der Waals surface area contributed by atoms with E-state index in [2.05, 4.69) is 10.6 Å². The van der Waals surface area contributed by atoms with Gasteiger partial charge in [0.25, 0.3) is 0 Å². The Balaban J connectivity index is 2.52. The number of carbonyl (C=O) groups is 2. The van der Waals surface area contributed by atoms with Crippen molar-refractivity contribution in [2.24, 2.45) is 11.1 Å². The number of piperidine rings is 1. The molecule has 1 aliphatic heterocycles. The first-order chi connectivity index (χ1) is 8.21. The van der Waals surface area contributed by atoms with Crippen molar-refractivity contribution < 1.29 is 14.7 Å². The van der Waals surface area contributed by atoms with Crippen LogP contribution < -0.4 is 16.4 Å². The molecule has 1 fully saturated rings. The third kappa shape index (κ3) is 3.96. The van der Waals surface area contributed by atoms with Crippen molar-refractivity contribution in [2.75, 3.05) is 6.54 Å². The minimum atomic E-state index is -0.880. The molecule has 1 heterocycles. The number of hydrogen-bond donors (Lipinski definition) is 4. The smallest absolute Gasteiger partial charge is 0.320 e. The summed E-state index contributed by atoms with van der Waals surface area (Å²) in [5, 5.41) is 14.7. The van der Waals surface area contributed by atoms with Crippen molar-refractivity contribution in [3.63, 3.8) is 0 Å². The largest absolute Gasteiger partial charge is 0.480 e. The van der Waals surface area contributed by atoms with Gasteiger partial charge in [0.05, 0.1) is 6.04 Å². The molecule has 104 valence electrons. The summed E-state index contributed by atoms with van der Waals surface area (Å²) < 4.78 is 0. The molecule has 0 radical (unpaired) electrons. The minimum absolute atomic E-state index is 0.117. The molecule has 5 N–H and O–H groups in total. The van der Waals surface area contributed by atoms with Crippen LogP contribution in [0, 0.1) is 5.41 Å². The van der Waals surface area contributed by atoms with Gasteiger partial charge in [0.2, 0.25) is 5.91 Å². The number of carboxylic acid groups (broad SMARTS) is 1. The highest BCUT2D eigenvalue weighted by atomic mass is 16.4. The summed E-state index contributed by atoms with van der Waals surface area (Å²) in [7, 11) is 0. The average Bonchev–Trinajstić information content (AvgIpc) is 2.27. The SMILES string of the molecule is CC(C)(C)[C@H](N)C(=O)N[C@H]1CCN[C@@H](C(=O)O)C1. The van der Waals surface area contributed by atoms with Crippen LogP contribution >= 0.6 is 0 Å². The molecule has 0 saturated carbocycles. The molecule has 1 amide bonds. The Kier molecular flexibility index (Phi) is 4.70. The number of nitrogens with two attached hydrogens (primary N) is 1. The van der Waals surface area contributed by atoms with Crippen molar-refractivity contribution in [3.05, 3.63) is 0 Å². The van der Waals surface area contributed by atoms with Gasteiger partial charge in [-0.2, -0.15) is 0 Å². The van der Waals surface area contributed by atoms with E-state index in [9.17, 15) is 9.59 Å². The summed E-state index contributed by atoms with van der Waals surface area (Å²) in [5.74, 6) is -1.09. The minimum Gasteiger partial charge on any atom is -0.480 e. The summed E-state index contributed by atoms with van der Waals surface area (Å²) >= 11 is 0. The second-order valence-electron chi connectivity index (χ2n) is 5.92. The van der Waals surface area contributed by atoms with Crippen LogP contribution in [0.4, 0.5) is 0 Å². The number of carboxylic acids is 1. The molecular formula is C12H23N3O3. The molecule has 0 aromatic heterocycles. The number of hydrogen-bond acceptors (Lipinski definition) is 4. The van der Waals surface area contributed by atoms with Crippen LogP contribution in [0.15, 0.2) is 0 Å². The van der Waals surface area contributed by atoms with Crippen LogP contribution in [0.25, 0.3) is 0 Å². The molecule has 3 atom stereocenters. The Morgan fingerprint density at radius 2 is 2.06 bits per heavy atom. The van der Waals surface area contributed by atoms with Gasteiger partial charge in [-0.15, -0.1) is 0 Å². The standard InChI is InChI=1S/C12H23N3O3/c1-12(2,3)9(13)10(16)15-7-4-5-14-8(6-7)11(17)18/h7-9,14H,4-6,13H2,1-3H3,(H,15,16)(H,17,18)/t7-,8+,9+/m0/s1. The van der Waals surface area contributed by atoms with E-state index in [-0.39, 0.29) is 17.4 Å². The molecule has 18 heavy (non-hydrogen) atoms. The Labute approximate surface area is 107 Å². The first-order valence-electron chi connectivity index (χ1n) is 6.24. The van der Waals surface area contributed by atoms with Crippen molar-refractivity contribution in [1.29, 1.82) is 0 Å². The normalized spacial score (nSPS) is 26.4. The van der Waals surface area contributed by atoms with E-state index in [0.717, 1.165) is 6.42 Å². The second-order valence-corrected chi connectivity index (χ2v) is 5.92. The molecule has 0 spiro atoms. The molecule has 6 nitrogen and oxygen atoms in total. The Morgan fingerprint density at radius 1 is 1.44 bits per heavy atom. The summed E-state index contributed by atoms with van der Waals surface area (Å²) in [6.45, 7) is 6.30. The predicted octanol–water partition coefficient (Wildman–Crippen LogP) is -0.319. The Morgan fingerprint density at radius 3 is 2.56 bits per heavy atom. The predicted molar refractivity (Wildman–Crippen MR) is 68.0 cm³/mol. The molecule has 1 rings (SSSR count). The summed E-state index contributed by atoms with van der Waals surface area (Å²) in [6.07, 6.45) is 1.13. The van der Waals surface area contributed by atoms with Gasteiger partial charge in [-0.05, 0) is 24.8 Å². The lowest BCUT2D eigenvalue weighted by Gasteiger charge is -2.32. The third-order valence-electron chi connectivity index (χ3n) is 3.26. The van der Waals surface area contributed by atoms with Gasteiger partial charge in [-0.3, -0.25) is 9.59 Å². The van der Waals surface area contributed by atoms with Gasteiger partial charge in [0, 0.05) is 6.04 Å². The van der Waals surface area contributed by atoms with E-state index in [0.29, 0.717) is 13.0 Å². The van der Waals surface area contributed by atoms with E-state index in [1.807, 2.05) is 20.8 Å². The highest BCUT2D eigenvalue weighted by molar-refractivity contribution is 5.82. The van der Waals surface area contributed by atoms with Crippen LogP contribution in [0.1, 0.15) is 33.6 Å². The van der Waals surface area contributed by atoms with E-state index in [1.165, 1.54) is 0 Å². The van der Waals surface area contributed by atoms with E-state index in [1.54, 1.807) is 0 Å².